The number of aryl methyl sites for hydroxylation is 1. The Morgan fingerprint density at radius 1 is 1.42 bits per heavy atom. The molecule has 1 aliphatic heterocycles. The van der Waals surface area contributed by atoms with Crippen LogP contribution in [0.25, 0.3) is 11.5 Å². The van der Waals surface area contributed by atoms with Gasteiger partial charge in [-0.1, -0.05) is 28.9 Å². The molecule has 3 rings (SSSR count). The molecule has 0 bridgehead atoms. The largest absolute Gasteiger partial charge is 0.334 e. The van der Waals surface area contributed by atoms with E-state index >= 15 is 0 Å². The van der Waals surface area contributed by atoms with Crippen molar-refractivity contribution in [3.05, 3.63) is 34.6 Å². The maximum atomic E-state index is 6.28. The van der Waals surface area contributed by atoms with Gasteiger partial charge in [0.1, 0.15) is 0 Å². The average Bonchev–Trinajstić information content (AvgIpc) is 2.92. The average molecular weight is 278 g/mol. The van der Waals surface area contributed by atoms with Gasteiger partial charge in [0, 0.05) is 12.5 Å². The van der Waals surface area contributed by atoms with Crippen molar-refractivity contribution >= 4 is 11.6 Å². The third-order valence-electron chi connectivity index (χ3n) is 3.53. The van der Waals surface area contributed by atoms with Crippen molar-refractivity contribution in [2.24, 2.45) is 0 Å². The number of aromatic nitrogens is 2. The highest BCUT2D eigenvalue weighted by Crippen LogP contribution is 2.30. The van der Waals surface area contributed by atoms with Gasteiger partial charge in [-0.15, -0.1) is 0 Å². The molecule has 0 spiro atoms. The van der Waals surface area contributed by atoms with Gasteiger partial charge in [0.15, 0.2) is 5.82 Å². The predicted octanol–water partition coefficient (Wildman–Crippen LogP) is 3.17. The summed E-state index contributed by atoms with van der Waals surface area (Å²) in [6.45, 7) is 3.96. The summed E-state index contributed by atoms with van der Waals surface area (Å²) in [5, 5.41) is 8.14. The first-order valence-electron chi connectivity index (χ1n) is 6.55. The van der Waals surface area contributed by atoms with Gasteiger partial charge < -0.3 is 9.84 Å². The Labute approximate surface area is 117 Å². The normalized spacial score (nSPS) is 19.6. The Morgan fingerprint density at radius 2 is 2.32 bits per heavy atom. The molecule has 1 saturated heterocycles. The first kappa shape index (κ1) is 12.6. The van der Waals surface area contributed by atoms with Gasteiger partial charge in [-0.05, 0) is 37.9 Å². The summed E-state index contributed by atoms with van der Waals surface area (Å²) >= 11 is 6.28. The van der Waals surface area contributed by atoms with E-state index in [0.29, 0.717) is 16.8 Å². The van der Waals surface area contributed by atoms with Crippen molar-refractivity contribution in [2.45, 2.75) is 25.7 Å². The fourth-order valence-corrected chi connectivity index (χ4v) is 2.60. The maximum Gasteiger partial charge on any atom is 0.259 e. The first-order chi connectivity index (χ1) is 9.25. The zero-order valence-electron chi connectivity index (χ0n) is 10.8. The number of halogens is 1. The fourth-order valence-electron chi connectivity index (χ4n) is 2.39. The monoisotopic (exact) mass is 277 g/mol. The molecule has 5 heteroatoms. The van der Waals surface area contributed by atoms with Crippen LogP contribution in [0.15, 0.2) is 22.7 Å². The molecule has 1 aliphatic rings. The summed E-state index contributed by atoms with van der Waals surface area (Å²) in [5.74, 6) is 1.63. The first-order valence-corrected chi connectivity index (χ1v) is 6.93. The number of hydrogen-bond donors (Lipinski definition) is 1. The zero-order valence-corrected chi connectivity index (χ0v) is 11.6. The molecule has 19 heavy (non-hydrogen) atoms. The van der Waals surface area contributed by atoms with E-state index in [2.05, 4.69) is 15.5 Å². The predicted molar refractivity (Wildman–Crippen MR) is 74.3 cm³/mol. The third kappa shape index (κ3) is 2.51. The van der Waals surface area contributed by atoms with Crippen LogP contribution in [-0.4, -0.2) is 23.2 Å². The second-order valence-electron chi connectivity index (χ2n) is 4.94. The number of hydrogen-bond acceptors (Lipinski definition) is 4. The van der Waals surface area contributed by atoms with E-state index < -0.39 is 0 Å². The highest BCUT2D eigenvalue weighted by Gasteiger charge is 2.22. The number of nitrogens with zero attached hydrogens (tertiary/aromatic N) is 2. The molecule has 0 amide bonds. The number of piperidine rings is 1. The lowest BCUT2D eigenvalue weighted by Crippen LogP contribution is -2.28. The summed E-state index contributed by atoms with van der Waals surface area (Å²) in [7, 11) is 0. The van der Waals surface area contributed by atoms with Crippen LogP contribution >= 0.6 is 11.6 Å². The van der Waals surface area contributed by atoms with Crippen molar-refractivity contribution in [1.29, 1.82) is 0 Å². The van der Waals surface area contributed by atoms with Crippen molar-refractivity contribution in [1.82, 2.24) is 15.5 Å². The number of rotatable bonds is 2. The SMILES string of the molecule is Cc1cccc(-c2nc(C3CCCNC3)no2)c1Cl. The van der Waals surface area contributed by atoms with E-state index in [1.54, 1.807) is 0 Å². The molecule has 1 aromatic carbocycles. The van der Waals surface area contributed by atoms with Crippen LogP contribution in [-0.2, 0) is 0 Å². The van der Waals surface area contributed by atoms with E-state index in [9.17, 15) is 0 Å². The summed E-state index contributed by atoms with van der Waals surface area (Å²) in [6, 6.07) is 5.82. The van der Waals surface area contributed by atoms with E-state index in [-0.39, 0.29) is 0 Å². The molecule has 1 aromatic heterocycles. The quantitative estimate of drug-likeness (QED) is 0.916. The number of benzene rings is 1. The Bertz CT molecular complexity index is 576. The van der Waals surface area contributed by atoms with Crippen LogP contribution in [0.5, 0.6) is 0 Å². The lowest BCUT2D eigenvalue weighted by molar-refractivity contribution is 0.393. The smallest absolute Gasteiger partial charge is 0.259 e. The van der Waals surface area contributed by atoms with Crippen molar-refractivity contribution in [3.8, 4) is 11.5 Å². The molecule has 1 N–H and O–H groups in total. The van der Waals surface area contributed by atoms with Crippen LogP contribution in [0.2, 0.25) is 5.02 Å². The van der Waals surface area contributed by atoms with Gasteiger partial charge in [0.2, 0.25) is 0 Å². The van der Waals surface area contributed by atoms with Gasteiger partial charge in [-0.2, -0.15) is 4.98 Å². The molecule has 2 heterocycles. The highest BCUT2D eigenvalue weighted by molar-refractivity contribution is 6.33. The Hall–Kier alpha value is -1.39. The second kappa shape index (κ2) is 5.31. The van der Waals surface area contributed by atoms with E-state index in [0.717, 1.165) is 42.9 Å². The van der Waals surface area contributed by atoms with E-state index in [1.807, 2.05) is 25.1 Å². The molecule has 1 fully saturated rings. The van der Waals surface area contributed by atoms with Gasteiger partial charge in [-0.25, -0.2) is 0 Å². The molecular formula is C14H16ClN3O. The van der Waals surface area contributed by atoms with Crippen LogP contribution in [0.4, 0.5) is 0 Å². The Kier molecular flexibility index (Phi) is 3.53. The Morgan fingerprint density at radius 3 is 3.11 bits per heavy atom. The highest BCUT2D eigenvalue weighted by atomic mass is 35.5. The van der Waals surface area contributed by atoms with Crippen molar-refractivity contribution < 1.29 is 4.52 Å². The van der Waals surface area contributed by atoms with Gasteiger partial charge in [-0.3, -0.25) is 0 Å². The van der Waals surface area contributed by atoms with Crippen LogP contribution in [0.1, 0.15) is 30.1 Å². The second-order valence-corrected chi connectivity index (χ2v) is 5.32. The lowest BCUT2D eigenvalue weighted by atomic mass is 9.99. The molecular weight excluding hydrogens is 262 g/mol. The molecule has 1 unspecified atom stereocenters. The molecule has 4 nitrogen and oxygen atoms in total. The van der Waals surface area contributed by atoms with Gasteiger partial charge in [0.05, 0.1) is 10.6 Å². The molecule has 0 radical (unpaired) electrons. The minimum atomic E-state index is 0.342. The molecule has 1 atom stereocenters. The van der Waals surface area contributed by atoms with Crippen LogP contribution in [0, 0.1) is 6.92 Å². The van der Waals surface area contributed by atoms with Gasteiger partial charge in [0.25, 0.3) is 5.89 Å². The molecule has 0 saturated carbocycles. The summed E-state index contributed by atoms with van der Waals surface area (Å²) in [6.07, 6.45) is 2.26. The summed E-state index contributed by atoms with van der Waals surface area (Å²) in [4.78, 5) is 4.50. The van der Waals surface area contributed by atoms with E-state index in [1.165, 1.54) is 0 Å². The van der Waals surface area contributed by atoms with Crippen LogP contribution < -0.4 is 5.32 Å². The van der Waals surface area contributed by atoms with Crippen molar-refractivity contribution in [3.63, 3.8) is 0 Å². The minimum Gasteiger partial charge on any atom is -0.334 e. The number of nitrogens with one attached hydrogen (secondary N) is 1. The fraction of sp³-hybridized carbons (Fsp3) is 0.429. The van der Waals surface area contributed by atoms with Crippen LogP contribution in [0.3, 0.4) is 0 Å². The standard InChI is InChI=1S/C14H16ClN3O/c1-9-4-2-6-11(12(9)15)14-17-13(18-19-14)10-5-3-7-16-8-10/h2,4,6,10,16H,3,5,7-8H2,1H3. The molecule has 100 valence electrons. The topological polar surface area (TPSA) is 51.0 Å². The zero-order chi connectivity index (χ0) is 13.2. The van der Waals surface area contributed by atoms with Gasteiger partial charge >= 0.3 is 0 Å². The molecule has 2 aromatic rings. The minimum absolute atomic E-state index is 0.342. The summed E-state index contributed by atoms with van der Waals surface area (Å²) in [5.41, 5.74) is 1.82. The third-order valence-corrected chi connectivity index (χ3v) is 4.03. The van der Waals surface area contributed by atoms with Crippen molar-refractivity contribution in [2.75, 3.05) is 13.1 Å². The lowest BCUT2D eigenvalue weighted by Gasteiger charge is -2.19. The van der Waals surface area contributed by atoms with E-state index in [4.69, 9.17) is 16.1 Å². The molecule has 0 aliphatic carbocycles. The summed E-state index contributed by atoms with van der Waals surface area (Å²) < 4.78 is 5.37. The Balaban J connectivity index is 1.90. The maximum absolute atomic E-state index is 6.28.